The molecule has 0 bridgehead atoms. The molecule has 0 aliphatic heterocycles. The number of hydrogen-bond donors (Lipinski definition) is 1. The molecule has 0 aliphatic carbocycles. The van der Waals surface area contributed by atoms with E-state index in [-0.39, 0.29) is 12.4 Å². The molecule has 0 spiro atoms. The smallest absolute Gasteiger partial charge is 0.341 e. The number of nitrogens with zero attached hydrogens (tertiary/aromatic N) is 1. The molecule has 0 fully saturated rings. The molecule has 7 heteroatoms. The third-order valence-electron chi connectivity index (χ3n) is 3.54. The lowest BCUT2D eigenvalue weighted by Gasteiger charge is -2.08. The van der Waals surface area contributed by atoms with Crippen molar-refractivity contribution < 1.29 is 23.8 Å². The minimum Gasteiger partial charge on any atom is -0.488 e. The van der Waals surface area contributed by atoms with Gasteiger partial charge in [0.15, 0.2) is 18.2 Å². The fraction of sp³-hybridized carbons (Fsp3) is 0.158. The third kappa shape index (κ3) is 4.37. The molecule has 1 N–H and O–H groups in total. The molecule has 1 heterocycles. The number of aliphatic carboxylic acids is 1. The van der Waals surface area contributed by atoms with Crippen LogP contribution in [0.1, 0.15) is 10.6 Å². The SMILES string of the molecule is Cc1nc(-c2ccccc2)sc1COc1ccc(OCC(=O)O)c(F)c1. The van der Waals surface area contributed by atoms with Crippen molar-refractivity contribution in [1.82, 2.24) is 4.98 Å². The molecule has 0 amide bonds. The van der Waals surface area contributed by atoms with Gasteiger partial charge in [0.1, 0.15) is 17.4 Å². The molecule has 0 aliphatic rings. The molecule has 2 aromatic carbocycles. The van der Waals surface area contributed by atoms with Gasteiger partial charge in [-0.2, -0.15) is 0 Å². The summed E-state index contributed by atoms with van der Waals surface area (Å²) in [5, 5.41) is 9.47. The number of benzene rings is 2. The van der Waals surface area contributed by atoms with E-state index in [4.69, 9.17) is 14.6 Å². The van der Waals surface area contributed by atoms with Gasteiger partial charge in [-0.3, -0.25) is 0 Å². The number of carboxylic acids is 1. The Bertz CT molecular complexity index is 911. The second-order valence-electron chi connectivity index (χ2n) is 5.46. The predicted molar refractivity (Wildman–Crippen MR) is 96.1 cm³/mol. The van der Waals surface area contributed by atoms with E-state index in [1.165, 1.54) is 29.5 Å². The van der Waals surface area contributed by atoms with Gasteiger partial charge in [0.25, 0.3) is 0 Å². The lowest BCUT2D eigenvalue weighted by atomic mass is 10.2. The summed E-state index contributed by atoms with van der Waals surface area (Å²) >= 11 is 1.53. The molecule has 0 saturated heterocycles. The van der Waals surface area contributed by atoms with Gasteiger partial charge in [0.05, 0.1) is 10.6 Å². The van der Waals surface area contributed by atoms with Crippen LogP contribution >= 0.6 is 11.3 Å². The first kappa shape index (κ1) is 17.9. The third-order valence-corrected chi connectivity index (χ3v) is 4.72. The van der Waals surface area contributed by atoms with Crippen LogP contribution in [-0.2, 0) is 11.4 Å². The van der Waals surface area contributed by atoms with Gasteiger partial charge in [0.2, 0.25) is 0 Å². The number of ether oxygens (including phenoxy) is 2. The quantitative estimate of drug-likeness (QED) is 0.669. The maximum absolute atomic E-state index is 13.9. The monoisotopic (exact) mass is 373 g/mol. The van der Waals surface area contributed by atoms with Crippen molar-refractivity contribution in [1.29, 1.82) is 0 Å². The number of carboxylic acid groups (broad SMARTS) is 1. The van der Waals surface area contributed by atoms with Gasteiger partial charge >= 0.3 is 5.97 Å². The van der Waals surface area contributed by atoms with Crippen LogP contribution in [0.4, 0.5) is 4.39 Å². The normalized spacial score (nSPS) is 10.5. The largest absolute Gasteiger partial charge is 0.488 e. The van der Waals surface area contributed by atoms with Crippen molar-refractivity contribution in [2.24, 2.45) is 0 Å². The van der Waals surface area contributed by atoms with Crippen LogP contribution in [0.2, 0.25) is 0 Å². The maximum Gasteiger partial charge on any atom is 0.341 e. The first-order chi connectivity index (χ1) is 12.5. The minimum absolute atomic E-state index is 0.125. The van der Waals surface area contributed by atoms with E-state index in [2.05, 4.69) is 4.98 Å². The first-order valence-corrected chi connectivity index (χ1v) is 8.63. The first-order valence-electron chi connectivity index (χ1n) is 7.81. The van der Waals surface area contributed by atoms with Crippen LogP contribution in [0.25, 0.3) is 10.6 Å². The highest BCUT2D eigenvalue weighted by atomic mass is 32.1. The van der Waals surface area contributed by atoms with E-state index in [9.17, 15) is 9.18 Å². The van der Waals surface area contributed by atoms with Crippen molar-refractivity contribution in [2.45, 2.75) is 13.5 Å². The van der Waals surface area contributed by atoms with Gasteiger partial charge in [-0.05, 0) is 19.1 Å². The Hall–Kier alpha value is -2.93. The maximum atomic E-state index is 13.9. The predicted octanol–water partition coefficient (Wildman–Crippen LogP) is 4.30. The molecule has 1 aromatic heterocycles. The minimum atomic E-state index is -1.17. The fourth-order valence-electron chi connectivity index (χ4n) is 2.24. The van der Waals surface area contributed by atoms with Crippen LogP contribution in [0.3, 0.4) is 0 Å². The Balaban J connectivity index is 1.67. The average Bonchev–Trinajstić information content (AvgIpc) is 3.00. The van der Waals surface area contributed by atoms with Crippen molar-refractivity contribution in [3.05, 3.63) is 64.9 Å². The molecule has 3 aromatic rings. The van der Waals surface area contributed by atoms with Crippen molar-refractivity contribution >= 4 is 17.3 Å². The van der Waals surface area contributed by atoms with Gasteiger partial charge in [-0.25, -0.2) is 14.2 Å². The van der Waals surface area contributed by atoms with Gasteiger partial charge in [-0.1, -0.05) is 30.3 Å². The summed E-state index contributed by atoms with van der Waals surface area (Å²) in [6, 6.07) is 13.9. The molecule has 0 radical (unpaired) electrons. The van der Waals surface area contributed by atoms with Gasteiger partial charge in [-0.15, -0.1) is 11.3 Å². The van der Waals surface area contributed by atoms with E-state index >= 15 is 0 Å². The lowest BCUT2D eigenvalue weighted by Crippen LogP contribution is -2.10. The second kappa shape index (κ2) is 7.97. The van der Waals surface area contributed by atoms with Crippen molar-refractivity contribution in [3.8, 4) is 22.1 Å². The van der Waals surface area contributed by atoms with E-state index < -0.39 is 18.4 Å². The molecule has 5 nitrogen and oxygen atoms in total. The number of aryl methyl sites for hydroxylation is 1. The van der Waals surface area contributed by atoms with E-state index in [0.717, 1.165) is 21.1 Å². The number of aromatic nitrogens is 1. The number of rotatable bonds is 7. The molecule has 3 rings (SSSR count). The summed E-state index contributed by atoms with van der Waals surface area (Å²) in [4.78, 5) is 16.0. The van der Waals surface area contributed by atoms with Crippen LogP contribution in [0.15, 0.2) is 48.5 Å². The highest BCUT2D eigenvalue weighted by Crippen LogP contribution is 2.29. The number of halogens is 1. The highest BCUT2D eigenvalue weighted by molar-refractivity contribution is 7.15. The van der Waals surface area contributed by atoms with E-state index in [0.29, 0.717) is 5.75 Å². The fourth-order valence-corrected chi connectivity index (χ4v) is 3.22. The summed E-state index contributed by atoms with van der Waals surface area (Å²) in [5.41, 5.74) is 1.91. The number of carbonyl (C=O) groups is 1. The average molecular weight is 373 g/mol. The molecule has 0 atom stereocenters. The van der Waals surface area contributed by atoms with Crippen molar-refractivity contribution in [3.63, 3.8) is 0 Å². The Morgan fingerprint density at radius 3 is 2.65 bits per heavy atom. The molecule has 0 unspecified atom stereocenters. The standard InChI is InChI=1S/C19H16FNO4S/c1-12-17(26-19(21-12)13-5-3-2-4-6-13)10-24-14-7-8-16(15(20)9-14)25-11-18(22)23/h2-9H,10-11H2,1H3,(H,22,23). The van der Waals surface area contributed by atoms with Crippen LogP contribution in [0, 0.1) is 12.7 Å². The van der Waals surface area contributed by atoms with Gasteiger partial charge < -0.3 is 14.6 Å². The Kier molecular flexibility index (Phi) is 5.48. The number of hydrogen-bond acceptors (Lipinski definition) is 5. The van der Waals surface area contributed by atoms with Gasteiger partial charge in [0, 0.05) is 11.6 Å². The topological polar surface area (TPSA) is 68.7 Å². The zero-order valence-corrected chi connectivity index (χ0v) is 14.8. The second-order valence-corrected chi connectivity index (χ2v) is 6.54. The summed E-state index contributed by atoms with van der Waals surface area (Å²) in [6.45, 7) is 1.58. The molecular formula is C19H16FNO4S. The molecular weight excluding hydrogens is 357 g/mol. The molecule has 134 valence electrons. The molecule has 26 heavy (non-hydrogen) atoms. The summed E-state index contributed by atoms with van der Waals surface area (Å²) in [5.74, 6) is -1.63. The Morgan fingerprint density at radius 2 is 1.96 bits per heavy atom. The number of thiazole rings is 1. The van der Waals surface area contributed by atoms with Crippen LogP contribution < -0.4 is 9.47 Å². The zero-order valence-electron chi connectivity index (χ0n) is 13.9. The van der Waals surface area contributed by atoms with Crippen LogP contribution in [-0.4, -0.2) is 22.7 Å². The Labute approximate surface area is 153 Å². The lowest BCUT2D eigenvalue weighted by molar-refractivity contribution is -0.139. The van der Waals surface area contributed by atoms with Crippen molar-refractivity contribution in [2.75, 3.05) is 6.61 Å². The summed E-state index contributed by atoms with van der Waals surface area (Å²) in [7, 11) is 0. The zero-order chi connectivity index (χ0) is 18.5. The van der Waals surface area contributed by atoms with E-state index in [1.54, 1.807) is 0 Å². The summed E-state index contributed by atoms with van der Waals surface area (Å²) in [6.07, 6.45) is 0. The highest BCUT2D eigenvalue weighted by Gasteiger charge is 2.11. The Morgan fingerprint density at radius 1 is 1.19 bits per heavy atom. The summed E-state index contributed by atoms with van der Waals surface area (Å²) < 4.78 is 24.4. The van der Waals surface area contributed by atoms with E-state index in [1.807, 2.05) is 37.3 Å². The molecule has 0 saturated carbocycles. The van der Waals surface area contributed by atoms with Crippen LogP contribution in [0.5, 0.6) is 11.5 Å².